The summed E-state index contributed by atoms with van der Waals surface area (Å²) in [7, 11) is 0. The van der Waals surface area contributed by atoms with Crippen LogP contribution in [0.15, 0.2) is 65.7 Å². The van der Waals surface area contributed by atoms with Gasteiger partial charge >= 0.3 is 0 Å². The molecule has 0 aliphatic carbocycles. The van der Waals surface area contributed by atoms with Gasteiger partial charge in [0.2, 0.25) is 0 Å². The average Bonchev–Trinajstić information content (AvgIpc) is 2.94. The smallest absolute Gasteiger partial charge is 0.194 e. The molecule has 0 saturated heterocycles. The normalized spacial score (nSPS) is 14.2. The molecule has 1 N–H and O–H groups in total. The van der Waals surface area contributed by atoms with Crippen LogP contribution < -0.4 is 5.32 Å². The van der Waals surface area contributed by atoms with E-state index in [4.69, 9.17) is 0 Å². The summed E-state index contributed by atoms with van der Waals surface area (Å²) < 4.78 is 0. The zero-order chi connectivity index (χ0) is 13.6. The summed E-state index contributed by atoms with van der Waals surface area (Å²) >= 11 is 0. The van der Waals surface area contributed by atoms with Gasteiger partial charge in [0.15, 0.2) is 5.96 Å². The molecule has 2 aromatic rings. The van der Waals surface area contributed by atoms with Gasteiger partial charge in [-0.25, -0.2) is 0 Å². The number of nitrogens with one attached hydrogen (secondary N) is 1. The minimum Gasteiger partial charge on any atom is -0.352 e. The van der Waals surface area contributed by atoms with Crippen LogP contribution in [0.3, 0.4) is 0 Å². The summed E-state index contributed by atoms with van der Waals surface area (Å²) in [5, 5.41) is 3.44. The SMILES string of the molecule is c1ccc(CNC2=NCCN2Cc2ccccc2)cc1. The molecular weight excluding hydrogens is 246 g/mol. The summed E-state index contributed by atoms with van der Waals surface area (Å²) in [5.74, 6) is 1.01. The molecular formula is C17H19N3. The number of benzene rings is 2. The lowest BCUT2D eigenvalue weighted by Crippen LogP contribution is -2.37. The van der Waals surface area contributed by atoms with Gasteiger partial charge in [-0.1, -0.05) is 60.7 Å². The van der Waals surface area contributed by atoms with Gasteiger partial charge in [-0.05, 0) is 11.1 Å². The van der Waals surface area contributed by atoms with Crippen molar-refractivity contribution in [3.63, 3.8) is 0 Å². The van der Waals surface area contributed by atoms with E-state index >= 15 is 0 Å². The van der Waals surface area contributed by atoms with E-state index in [2.05, 4.69) is 69.8 Å². The quantitative estimate of drug-likeness (QED) is 0.920. The van der Waals surface area contributed by atoms with Crippen molar-refractivity contribution in [1.82, 2.24) is 10.2 Å². The number of guanidine groups is 1. The fourth-order valence-electron chi connectivity index (χ4n) is 2.38. The molecule has 1 aliphatic heterocycles. The third kappa shape index (κ3) is 3.18. The molecule has 0 bridgehead atoms. The molecule has 3 rings (SSSR count). The third-order valence-corrected chi connectivity index (χ3v) is 3.44. The van der Waals surface area contributed by atoms with E-state index in [9.17, 15) is 0 Å². The summed E-state index contributed by atoms with van der Waals surface area (Å²) in [6.07, 6.45) is 0. The van der Waals surface area contributed by atoms with E-state index in [0.29, 0.717) is 0 Å². The zero-order valence-electron chi connectivity index (χ0n) is 11.5. The minimum absolute atomic E-state index is 0.824. The number of aliphatic imine (C=N–C) groups is 1. The largest absolute Gasteiger partial charge is 0.352 e. The van der Waals surface area contributed by atoms with Crippen molar-refractivity contribution >= 4 is 5.96 Å². The highest BCUT2D eigenvalue weighted by Crippen LogP contribution is 2.08. The Morgan fingerprint density at radius 3 is 2.25 bits per heavy atom. The first-order valence-electron chi connectivity index (χ1n) is 7.03. The summed E-state index contributed by atoms with van der Waals surface area (Å²) in [4.78, 5) is 6.86. The first-order valence-corrected chi connectivity index (χ1v) is 7.03. The second-order valence-electron chi connectivity index (χ2n) is 4.95. The van der Waals surface area contributed by atoms with Crippen molar-refractivity contribution in [3.8, 4) is 0 Å². The fraction of sp³-hybridized carbons (Fsp3) is 0.235. The van der Waals surface area contributed by atoms with Crippen molar-refractivity contribution in [2.45, 2.75) is 13.1 Å². The molecule has 1 aliphatic rings. The molecule has 102 valence electrons. The van der Waals surface area contributed by atoms with Gasteiger partial charge < -0.3 is 10.2 Å². The van der Waals surface area contributed by atoms with Crippen LogP contribution in [0.1, 0.15) is 11.1 Å². The molecule has 0 aromatic heterocycles. The van der Waals surface area contributed by atoms with E-state index in [1.807, 2.05) is 6.07 Å². The van der Waals surface area contributed by atoms with Crippen molar-refractivity contribution < 1.29 is 0 Å². The van der Waals surface area contributed by atoms with E-state index in [-0.39, 0.29) is 0 Å². The Labute approximate surface area is 120 Å². The van der Waals surface area contributed by atoms with Crippen molar-refractivity contribution in [1.29, 1.82) is 0 Å². The van der Waals surface area contributed by atoms with Crippen LogP contribution in [-0.2, 0) is 13.1 Å². The Morgan fingerprint density at radius 2 is 1.55 bits per heavy atom. The number of hydrogen-bond donors (Lipinski definition) is 1. The van der Waals surface area contributed by atoms with Crippen molar-refractivity contribution in [2.75, 3.05) is 13.1 Å². The topological polar surface area (TPSA) is 27.6 Å². The first kappa shape index (κ1) is 12.7. The van der Waals surface area contributed by atoms with Crippen LogP contribution in [0.5, 0.6) is 0 Å². The summed E-state index contributed by atoms with van der Waals surface area (Å²) in [6.45, 7) is 3.61. The van der Waals surface area contributed by atoms with E-state index < -0.39 is 0 Å². The Morgan fingerprint density at radius 1 is 0.900 bits per heavy atom. The standard InChI is InChI=1S/C17H19N3/c1-3-7-15(8-4-1)13-19-17-18-11-12-20(17)14-16-9-5-2-6-10-16/h1-10H,11-14H2,(H,18,19). The lowest BCUT2D eigenvalue weighted by atomic mass is 10.2. The van der Waals surface area contributed by atoms with Crippen LogP contribution in [-0.4, -0.2) is 23.9 Å². The van der Waals surface area contributed by atoms with Crippen LogP contribution in [0, 0.1) is 0 Å². The molecule has 0 amide bonds. The van der Waals surface area contributed by atoms with Crippen molar-refractivity contribution in [2.24, 2.45) is 4.99 Å². The molecule has 0 radical (unpaired) electrons. The average molecular weight is 265 g/mol. The molecule has 0 saturated carbocycles. The fourth-order valence-corrected chi connectivity index (χ4v) is 2.38. The van der Waals surface area contributed by atoms with Gasteiger partial charge in [0, 0.05) is 19.6 Å². The minimum atomic E-state index is 0.824. The molecule has 0 atom stereocenters. The molecule has 1 heterocycles. The second-order valence-corrected chi connectivity index (χ2v) is 4.95. The number of hydrogen-bond acceptors (Lipinski definition) is 3. The predicted molar refractivity (Wildman–Crippen MR) is 82.4 cm³/mol. The van der Waals surface area contributed by atoms with Gasteiger partial charge in [0.05, 0.1) is 6.54 Å². The van der Waals surface area contributed by atoms with Crippen LogP contribution >= 0.6 is 0 Å². The van der Waals surface area contributed by atoms with Gasteiger partial charge in [0.25, 0.3) is 0 Å². The second kappa shape index (κ2) is 6.24. The summed E-state index contributed by atoms with van der Waals surface area (Å²) in [6, 6.07) is 21.0. The molecule has 20 heavy (non-hydrogen) atoms. The van der Waals surface area contributed by atoms with Crippen LogP contribution in [0.25, 0.3) is 0 Å². The highest BCUT2D eigenvalue weighted by atomic mass is 15.3. The van der Waals surface area contributed by atoms with Gasteiger partial charge in [-0.15, -0.1) is 0 Å². The lowest BCUT2D eigenvalue weighted by molar-refractivity contribution is 0.436. The molecule has 0 spiro atoms. The van der Waals surface area contributed by atoms with Gasteiger partial charge in [0.1, 0.15) is 0 Å². The molecule has 0 unspecified atom stereocenters. The first-order chi connectivity index (χ1) is 9.92. The maximum absolute atomic E-state index is 4.56. The molecule has 0 fully saturated rings. The van der Waals surface area contributed by atoms with Crippen LogP contribution in [0.4, 0.5) is 0 Å². The van der Waals surface area contributed by atoms with Gasteiger partial charge in [-0.2, -0.15) is 0 Å². The summed E-state index contributed by atoms with van der Waals surface area (Å²) in [5.41, 5.74) is 2.60. The number of rotatable bonds is 4. The Balaban J connectivity index is 1.59. The van der Waals surface area contributed by atoms with Crippen LogP contribution in [0.2, 0.25) is 0 Å². The lowest BCUT2D eigenvalue weighted by Gasteiger charge is -2.21. The molecule has 2 aromatic carbocycles. The Bertz CT molecular complexity index is 563. The van der Waals surface area contributed by atoms with E-state index in [1.165, 1.54) is 11.1 Å². The van der Waals surface area contributed by atoms with Gasteiger partial charge in [-0.3, -0.25) is 4.99 Å². The third-order valence-electron chi connectivity index (χ3n) is 3.44. The molecule has 3 nitrogen and oxygen atoms in total. The number of nitrogens with zero attached hydrogens (tertiary/aromatic N) is 2. The Hall–Kier alpha value is -2.29. The molecule has 3 heteroatoms. The maximum atomic E-state index is 4.56. The maximum Gasteiger partial charge on any atom is 0.194 e. The van der Waals surface area contributed by atoms with E-state index in [1.54, 1.807) is 0 Å². The Kier molecular flexibility index (Phi) is 3.97. The van der Waals surface area contributed by atoms with E-state index in [0.717, 1.165) is 32.1 Å². The highest BCUT2D eigenvalue weighted by molar-refractivity contribution is 5.81. The predicted octanol–water partition coefficient (Wildman–Crippen LogP) is 2.65. The zero-order valence-corrected chi connectivity index (χ0v) is 11.5. The van der Waals surface area contributed by atoms with Crippen molar-refractivity contribution in [3.05, 3.63) is 71.8 Å². The monoisotopic (exact) mass is 265 g/mol. The highest BCUT2D eigenvalue weighted by Gasteiger charge is 2.16.